The van der Waals surface area contributed by atoms with Gasteiger partial charge in [-0.05, 0) is 19.9 Å². The average Bonchev–Trinajstić information content (AvgIpc) is 2.13. The summed E-state index contributed by atoms with van der Waals surface area (Å²) in [6.45, 7) is 5.39. The number of Topliss-reactive ketones (excluding diaryl/α,β-unsaturated/α-hetero) is 1. The first-order valence-corrected chi connectivity index (χ1v) is 4.93. The fourth-order valence-electron chi connectivity index (χ4n) is 0.945. The average molecular weight is 181 g/mol. The van der Waals surface area contributed by atoms with Crippen molar-refractivity contribution in [3.8, 4) is 11.8 Å². The molecule has 74 valence electrons. The highest BCUT2D eigenvalue weighted by molar-refractivity contribution is 5.80. The van der Waals surface area contributed by atoms with Crippen molar-refractivity contribution in [2.75, 3.05) is 13.1 Å². The molecule has 0 fully saturated rings. The lowest BCUT2D eigenvalue weighted by atomic mass is 10.2. The topological polar surface area (TPSA) is 29.1 Å². The normalized spacial score (nSPS) is 9.08. The van der Waals surface area contributed by atoms with Crippen LogP contribution in [0.2, 0.25) is 0 Å². The molecule has 0 aliphatic rings. The zero-order chi connectivity index (χ0) is 9.94. The highest BCUT2D eigenvalue weighted by Gasteiger charge is 1.98. The van der Waals surface area contributed by atoms with E-state index in [2.05, 4.69) is 24.1 Å². The molecule has 0 aliphatic carbocycles. The first kappa shape index (κ1) is 12.2. The van der Waals surface area contributed by atoms with Gasteiger partial charge in [0, 0.05) is 12.8 Å². The van der Waals surface area contributed by atoms with Crippen molar-refractivity contribution in [3.05, 3.63) is 0 Å². The summed E-state index contributed by atoms with van der Waals surface area (Å²) < 4.78 is 0. The SMILES string of the molecule is CC#CCCC(=O)CNCCCC. The van der Waals surface area contributed by atoms with Gasteiger partial charge >= 0.3 is 0 Å². The van der Waals surface area contributed by atoms with Crippen molar-refractivity contribution >= 4 is 5.78 Å². The van der Waals surface area contributed by atoms with Crippen LogP contribution < -0.4 is 5.32 Å². The van der Waals surface area contributed by atoms with Crippen LogP contribution in [0.5, 0.6) is 0 Å². The van der Waals surface area contributed by atoms with E-state index in [1.165, 1.54) is 6.42 Å². The Morgan fingerprint density at radius 1 is 1.46 bits per heavy atom. The Morgan fingerprint density at radius 2 is 2.23 bits per heavy atom. The third-order valence-electron chi connectivity index (χ3n) is 1.73. The minimum Gasteiger partial charge on any atom is -0.310 e. The molecule has 2 nitrogen and oxygen atoms in total. The number of ketones is 1. The zero-order valence-corrected chi connectivity index (χ0v) is 8.65. The first-order chi connectivity index (χ1) is 6.31. The van der Waals surface area contributed by atoms with Crippen molar-refractivity contribution in [3.63, 3.8) is 0 Å². The van der Waals surface area contributed by atoms with Crippen molar-refractivity contribution in [1.82, 2.24) is 5.32 Å². The zero-order valence-electron chi connectivity index (χ0n) is 8.65. The number of hydrogen-bond donors (Lipinski definition) is 1. The Labute approximate surface area is 81.1 Å². The quantitative estimate of drug-likeness (QED) is 0.479. The summed E-state index contributed by atoms with van der Waals surface area (Å²) >= 11 is 0. The van der Waals surface area contributed by atoms with E-state index in [9.17, 15) is 4.79 Å². The highest BCUT2D eigenvalue weighted by atomic mass is 16.1. The number of carbonyl (C=O) groups is 1. The Bertz CT molecular complexity index is 188. The second kappa shape index (κ2) is 9.28. The van der Waals surface area contributed by atoms with Gasteiger partial charge in [-0.15, -0.1) is 11.8 Å². The minimum atomic E-state index is 0.263. The smallest absolute Gasteiger partial charge is 0.147 e. The molecular formula is C11H19NO. The molecule has 0 saturated heterocycles. The standard InChI is InChI=1S/C11H19NO/c1-3-5-7-8-11(13)10-12-9-6-4-2/h12H,4,6-10H2,1-2H3. The van der Waals surface area contributed by atoms with E-state index < -0.39 is 0 Å². The summed E-state index contributed by atoms with van der Waals surface area (Å²) in [5.74, 6) is 5.92. The Hall–Kier alpha value is -0.810. The van der Waals surface area contributed by atoms with Crippen molar-refractivity contribution in [1.29, 1.82) is 0 Å². The van der Waals surface area contributed by atoms with E-state index in [4.69, 9.17) is 0 Å². The van der Waals surface area contributed by atoms with E-state index in [1.54, 1.807) is 6.92 Å². The second-order valence-electron chi connectivity index (χ2n) is 3.00. The number of hydrogen-bond acceptors (Lipinski definition) is 2. The van der Waals surface area contributed by atoms with Crippen LogP contribution in [0.4, 0.5) is 0 Å². The van der Waals surface area contributed by atoms with Gasteiger partial charge in [0.05, 0.1) is 6.54 Å². The maximum absolute atomic E-state index is 11.2. The van der Waals surface area contributed by atoms with Gasteiger partial charge in [0.1, 0.15) is 5.78 Å². The Balaban J connectivity index is 3.23. The summed E-state index contributed by atoms with van der Waals surface area (Å²) in [5, 5.41) is 3.12. The lowest BCUT2D eigenvalue weighted by molar-refractivity contribution is -0.118. The lowest BCUT2D eigenvalue weighted by Gasteiger charge is -2.00. The molecule has 0 rings (SSSR count). The van der Waals surface area contributed by atoms with E-state index in [1.807, 2.05) is 0 Å². The second-order valence-corrected chi connectivity index (χ2v) is 3.00. The van der Waals surface area contributed by atoms with Crippen LogP contribution in [0, 0.1) is 11.8 Å². The largest absolute Gasteiger partial charge is 0.310 e. The molecule has 13 heavy (non-hydrogen) atoms. The van der Waals surface area contributed by atoms with Crippen LogP contribution in [0.3, 0.4) is 0 Å². The van der Waals surface area contributed by atoms with Crippen LogP contribution in [0.1, 0.15) is 39.5 Å². The molecule has 0 aliphatic heterocycles. The van der Waals surface area contributed by atoms with E-state index in [0.717, 1.165) is 13.0 Å². The van der Waals surface area contributed by atoms with E-state index in [-0.39, 0.29) is 5.78 Å². The Morgan fingerprint density at radius 3 is 2.85 bits per heavy atom. The number of nitrogens with one attached hydrogen (secondary N) is 1. The van der Waals surface area contributed by atoms with Crippen LogP contribution in [-0.2, 0) is 4.79 Å². The molecule has 0 bridgehead atoms. The monoisotopic (exact) mass is 181 g/mol. The molecule has 0 spiro atoms. The molecule has 0 aromatic heterocycles. The predicted molar refractivity (Wildman–Crippen MR) is 55.5 cm³/mol. The minimum absolute atomic E-state index is 0.263. The van der Waals surface area contributed by atoms with E-state index >= 15 is 0 Å². The fourth-order valence-corrected chi connectivity index (χ4v) is 0.945. The summed E-state index contributed by atoms with van der Waals surface area (Å²) in [7, 11) is 0. The van der Waals surface area contributed by atoms with Crippen LogP contribution >= 0.6 is 0 Å². The summed E-state index contributed by atoms with van der Waals surface area (Å²) in [5.41, 5.74) is 0. The molecule has 0 atom stereocenters. The molecule has 0 heterocycles. The summed E-state index contributed by atoms with van der Waals surface area (Å²) in [6, 6.07) is 0. The molecule has 2 heteroatoms. The molecule has 0 aromatic rings. The predicted octanol–water partition coefficient (Wildman–Crippen LogP) is 1.75. The maximum atomic E-state index is 11.2. The lowest BCUT2D eigenvalue weighted by Crippen LogP contribution is -2.23. The molecule has 0 radical (unpaired) electrons. The van der Waals surface area contributed by atoms with Crippen LogP contribution in [0.15, 0.2) is 0 Å². The number of rotatable bonds is 7. The molecule has 0 aromatic carbocycles. The maximum Gasteiger partial charge on any atom is 0.147 e. The fraction of sp³-hybridized carbons (Fsp3) is 0.727. The molecule has 0 unspecified atom stereocenters. The number of unbranched alkanes of at least 4 members (excludes halogenated alkanes) is 1. The first-order valence-electron chi connectivity index (χ1n) is 4.93. The van der Waals surface area contributed by atoms with Gasteiger partial charge in [0.25, 0.3) is 0 Å². The van der Waals surface area contributed by atoms with Gasteiger partial charge in [-0.3, -0.25) is 4.79 Å². The molecule has 0 amide bonds. The van der Waals surface area contributed by atoms with Crippen LogP contribution in [-0.4, -0.2) is 18.9 Å². The van der Waals surface area contributed by atoms with Gasteiger partial charge < -0.3 is 5.32 Å². The van der Waals surface area contributed by atoms with Gasteiger partial charge in [0.2, 0.25) is 0 Å². The molecule has 0 saturated carbocycles. The van der Waals surface area contributed by atoms with Gasteiger partial charge in [-0.25, -0.2) is 0 Å². The summed E-state index contributed by atoms with van der Waals surface area (Å²) in [6.07, 6.45) is 3.59. The molecular weight excluding hydrogens is 162 g/mol. The molecule has 1 N–H and O–H groups in total. The van der Waals surface area contributed by atoms with Gasteiger partial charge in [0.15, 0.2) is 0 Å². The van der Waals surface area contributed by atoms with Crippen molar-refractivity contribution < 1.29 is 4.79 Å². The third-order valence-corrected chi connectivity index (χ3v) is 1.73. The summed E-state index contributed by atoms with van der Waals surface area (Å²) in [4.78, 5) is 11.2. The van der Waals surface area contributed by atoms with E-state index in [0.29, 0.717) is 19.4 Å². The van der Waals surface area contributed by atoms with Gasteiger partial charge in [-0.2, -0.15) is 0 Å². The Kier molecular flexibility index (Phi) is 8.70. The van der Waals surface area contributed by atoms with Gasteiger partial charge in [-0.1, -0.05) is 13.3 Å². The van der Waals surface area contributed by atoms with Crippen molar-refractivity contribution in [2.45, 2.75) is 39.5 Å². The van der Waals surface area contributed by atoms with Crippen molar-refractivity contribution in [2.24, 2.45) is 0 Å². The number of carbonyl (C=O) groups excluding carboxylic acids is 1. The van der Waals surface area contributed by atoms with Crippen LogP contribution in [0.25, 0.3) is 0 Å². The highest BCUT2D eigenvalue weighted by Crippen LogP contribution is 1.88. The third kappa shape index (κ3) is 9.10.